The van der Waals surface area contributed by atoms with Gasteiger partial charge >= 0.3 is 12.3 Å². The summed E-state index contributed by atoms with van der Waals surface area (Å²) in [5, 5.41) is 0. The second-order valence-corrected chi connectivity index (χ2v) is 12.3. The third kappa shape index (κ3) is 8.25. The van der Waals surface area contributed by atoms with Crippen LogP contribution in [0.15, 0.2) is 42.5 Å². The summed E-state index contributed by atoms with van der Waals surface area (Å²) in [5.74, 6) is 1.86. The van der Waals surface area contributed by atoms with Crippen molar-refractivity contribution >= 4 is 17.7 Å². The van der Waals surface area contributed by atoms with Crippen LogP contribution in [0.4, 0.5) is 24.9 Å². The van der Waals surface area contributed by atoms with Gasteiger partial charge in [0.25, 0.3) is 0 Å². The number of aryl methyl sites for hydroxylation is 1. The predicted molar refractivity (Wildman–Crippen MR) is 169 cm³/mol. The van der Waals surface area contributed by atoms with Crippen molar-refractivity contribution in [3.05, 3.63) is 59.2 Å². The molecule has 1 aliphatic heterocycles. The summed E-state index contributed by atoms with van der Waals surface area (Å²) < 4.78 is 58.1. The monoisotopic (exact) mass is 655 g/mol. The van der Waals surface area contributed by atoms with Crippen molar-refractivity contribution in [1.82, 2.24) is 14.9 Å². The molecular formula is C34H40F3N5O5. The summed E-state index contributed by atoms with van der Waals surface area (Å²) in [6.45, 7) is 5.87. The Kier molecular flexibility index (Phi) is 10.0. The molecule has 2 atom stereocenters. The number of nitrogens with zero attached hydrogens (tertiary/aromatic N) is 4. The summed E-state index contributed by atoms with van der Waals surface area (Å²) in [5.41, 5.74) is 11.0. The lowest BCUT2D eigenvalue weighted by Crippen LogP contribution is -2.48. The van der Waals surface area contributed by atoms with Gasteiger partial charge < -0.3 is 29.6 Å². The molecule has 3 aliphatic rings. The van der Waals surface area contributed by atoms with Gasteiger partial charge in [0.2, 0.25) is 5.95 Å². The van der Waals surface area contributed by atoms with E-state index in [-0.39, 0.29) is 30.2 Å². The largest absolute Gasteiger partial charge is 0.573 e. The summed E-state index contributed by atoms with van der Waals surface area (Å²) in [7, 11) is 1.45. The minimum absolute atomic E-state index is 0.0144. The number of hydrogen-bond donors (Lipinski definition) is 1. The topological polar surface area (TPSA) is 112 Å². The van der Waals surface area contributed by atoms with Crippen molar-refractivity contribution in [2.45, 2.75) is 45.1 Å². The second kappa shape index (κ2) is 14.3. The lowest BCUT2D eigenvalue weighted by molar-refractivity contribution is -0.274. The molecular weight excluding hydrogens is 615 g/mol. The van der Waals surface area contributed by atoms with Crippen LogP contribution < -0.4 is 20.1 Å². The van der Waals surface area contributed by atoms with Crippen LogP contribution in [0.5, 0.6) is 11.5 Å². The number of piperazine rings is 1. The van der Waals surface area contributed by atoms with Gasteiger partial charge in [-0.3, -0.25) is 9.69 Å². The van der Waals surface area contributed by atoms with Gasteiger partial charge in [-0.2, -0.15) is 4.98 Å². The van der Waals surface area contributed by atoms with Crippen LogP contribution >= 0.6 is 0 Å². The number of nitrogens with two attached hydrogens (primary N) is 1. The van der Waals surface area contributed by atoms with Gasteiger partial charge in [-0.25, -0.2) is 4.98 Å². The molecule has 2 fully saturated rings. The Morgan fingerprint density at radius 1 is 1.00 bits per heavy atom. The Morgan fingerprint density at radius 3 is 2.51 bits per heavy atom. The highest BCUT2D eigenvalue weighted by Gasteiger charge is 2.32. The fraction of sp³-hybridized carbons (Fsp3) is 0.500. The highest BCUT2D eigenvalue weighted by molar-refractivity contribution is 5.76. The Morgan fingerprint density at radius 2 is 1.77 bits per heavy atom. The fourth-order valence-electron chi connectivity index (χ4n) is 6.75. The standard InChI is InChI=1S/C34H40F3N5O5/c1-44-32(43)25-5-2-23(18-25)20-45-17-16-41-12-14-42(15-13-41)31-29-10-6-24-19-27(9-11-28(24)30(29)39-33(38)40-31)46-21-22-3-7-26(8-4-22)47-34(35,36)37/h3-4,7-9,11,19,23,25H,2,5-6,10,12-18,20-21H2,1H3,(H2,38,39,40). The zero-order valence-corrected chi connectivity index (χ0v) is 26.4. The van der Waals surface area contributed by atoms with Crippen LogP contribution in [0.2, 0.25) is 0 Å². The third-order valence-corrected chi connectivity index (χ3v) is 9.19. The average molecular weight is 656 g/mol. The molecule has 6 rings (SSSR count). The summed E-state index contributed by atoms with van der Waals surface area (Å²) >= 11 is 0. The number of anilines is 2. The van der Waals surface area contributed by atoms with Crippen LogP contribution in [-0.2, 0) is 33.7 Å². The number of carbonyl (C=O) groups is 1. The van der Waals surface area contributed by atoms with Crippen LogP contribution in [-0.4, -0.2) is 80.2 Å². The van der Waals surface area contributed by atoms with E-state index in [1.807, 2.05) is 18.2 Å². The molecule has 0 amide bonds. The number of fused-ring (bicyclic) bond motifs is 3. The van der Waals surface area contributed by atoms with E-state index in [1.165, 1.54) is 19.2 Å². The number of rotatable bonds is 11. The minimum Gasteiger partial charge on any atom is -0.489 e. The number of nitrogen functional groups attached to an aromatic ring is 1. The first kappa shape index (κ1) is 32.8. The number of ether oxygens (including phenoxy) is 4. The smallest absolute Gasteiger partial charge is 0.489 e. The molecule has 0 spiro atoms. The number of esters is 1. The van der Waals surface area contributed by atoms with Crippen LogP contribution in [0.3, 0.4) is 0 Å². The maximum absolute atomic E-state index is 12.4. The summed E-state index contributed by atoms with van der Waals surface area (Å²) in [6.07, 6.45) is -0.418. The maximum Gasteiger partial charge on any atom is 0.573 e. The van der Waals surface area contributed by atoms with E-state index in [2.05, 4.69) is 24.5 Å². The SMILES string of the molecule is COC(=O)C1CCC(COCCN2CCN(c3nc(N)nc4c3CCc3cc(OCc5ccc(OC(F)(F)F)cc5)ccc3-4)CC2)C1. The molecule has 2 aliphatic carbocycles. The maximum atomic E-state index is 12.4. The molecule has 47 heavy (non-hydrogen) atoms. The third-order valence-electron chi connectivity index (χ3n) is 9.19. The Bertz CT molecular complexity index is 1550. The summed E-state index contributed by atoms with van der Waals surface area (Å²) in [4.78, 5) is 25.8. The van der Waals surface area contributed by atoms with Gasteiger partial charge in [-0.15, -0.1) is 13.2 Å². The van der Waals surface area contributed by atoms with E-state index in [0.717, 1.165) is 98.6 Å². The van der Waals surface area contributed by atoms with E-state index in [9.17, 15) is 18.0 Å². The molecule has 2 aromatic carbocycles. The lowest BCUT2D eigenvalue weighted by Gasteiger charge is -2.37. The number of benzene rings is 2. The molecule has 252 valence electrons. The van der Waals surface area contributed by atoms with Crippen molar-refractivity contribution in [1.29, 1.82) is 0 Å². The van der Waals surface area contributed by atoms with Gasteiger partial charge in [-0.1, -0.05) is 12.1 Å². The highest BCUT2D eigenvalue weighted by Crippen LogP contribution is 2.39. The van der Waals surface area contributed by atoms with E-state index >= 15 is 0 Å². The molecule has 2 N–H and O–H groups in total. The van der Waals surface area contributed by atoms with Crippen molar-refractivity contribution in [2.24, 2.45) is 11.8 Å². The fourth-order valence-corrected chi connectivity index (χ4v) is 6.75. The zero-order chi connectivity index (χ0) is 33.0. The number of aromatic nitrogens is 2. The minimum atomic E-state index is -4.73. The van der Waals surface area contributed by atoms with Crippen molar-refractivity contribution in [3.63, 3.8) is 0 Å². The van der Waals surface area contributed by atoms with E-state index in [4.69, 9.17) is 19.9 Å². The van der Waals surface area contributed by atoms with Crippen molar-refractivity contribution in [3.8, 4) is 22.8 Å². The molecule has 0 radical (unpaired) electrons. The quantitative estimate of drug-likeness (QED) is 0.223. The molecule has 2 heterocycles. The van der Waals surface area contributed by atoms with Gasteiger partial charge in [0.15, 0.2) is 0 Å². The Hall–Kier alpha value is -4.10. The first-order chi connectivity index (χ1) is 22.6. The van der Waals surface area contributed by atoms with Gasteiger partial charge in [0.1, 0.15) is 23.9 Å². The first-order valence-electron chi connectivity index (χ1n) is 16.0. The molecule has 1 saturated carbocycles. The van der Waals surface area contributed by atoms with Crippen LogP contribution in [0, 0.1) is 11.8 Å². The van der Waals surface area contributed by atoms with E-state index < -0.39 is 6.36 Å². The highest BCUT2D eigenvalue weighted by atomic mass is 19.4. The molecule has 2 unspecified atom stereocenters. The summed E-state index contributed by atoms with van der Waals surface area (Å²) in [6, 6.07) is 11.5. The van der Waals surface area contributed by atoms with Crippen LogP contribution in [0.1, 0.15) is 36.0 Å². The zero-order valence-electron chi connectivity index (χ0n) is 26.4. The van der Waals surface area contributed by atoms with Crippen LogP contribution in [0.25, 0.3) is 11.3 Å². The van der Waals surface area contributed by atoms with Gasteiger partial charge in [0, 0.05) is 50.5 Å². The van der Waals surface area contributed by atoms with Crippen molar-refractivity contribution < 1.29 is 36.9 Å². The second-order valence-electron chi connectivity index (χ2n) is 12.3. The van der Waals surface area contributed by atoms with Gasteiger partial charge in [-0.05, 0) is 79.5 Å². The molecule has 0 bridgehead atoms. The normalized spacial score (nSPS) is 19.6. The number of carbonyl (C=O) groups excluding carboxylic acids is 1. The number of methoxy groups -OCH3 is 1. The van der Waals surface area contributed by atoms with Crippen molar-refractivity contribution in [2.75, 3.05) is 63.7 Å². The number of hydrogen-bond acceptors (Lipinski definition) is 10. The molecule has 3 aromatic rings. The van der Waals surface area contributed by atoms with Gasteiger partial charge in [0.05, 0.1) is 25.3 Å². The van der Waals surface area contributed by atoms with E-state index in [0.29, 0.717) is 24.9 Å². The number of alkyl halides is 3. The number of halogens is 3. The molecule has 1 aromatic heterocycles. The lowest BCUT2D eigenvalue weighted by atomic mass is 9.88. The predicted octanol–water partition coefficient (Wildman–Crippen LogP) is 5.03. The molecule has 1 saturated heterocycles. The van der Waals surface area contributed by atoms with E-state index in [1.54, 1.807) is 12.1 Å². The Balaban J connectivity index is 1.01. The molecule has 10 nitrogen and oxygen atoms in total. The average Bonchev–Trinajstić information content (AvgIpc) is 3.54. The molecule has 13 heteroatoms. The Labute approximate surface area is 272 Å². The first-order valence-corrected chi connectivity index (χ1v) is 16.0.